The Hall–Kier alpha value is -3.09. The molecular weight excluding hydrogens is 382 g/mol. The highest BCUT2D eigenvalue weighted by Crippen LogP contribution is 2.29. The van der Waals surface area contributed by atoms with E-state index in [1.54, 1.807) is 26.4 Å². The van der Waals surface area contributed by atoms with Crippen LogP contribution < -0.4 is 20.8 Å². The molecule has 0 saturated heterocycles. The Morgan fingerprint density at radius 3 is 2.20 bits per heavy atom. The van der Waals surface area contributed by atoms with E-state index in [0.29, 0.717) is 19.5 Å². The maximum absolute atomic E-state index is 12.8. The summed E-state index contributed by atoms with van der Waals surface area (Å²) in [4.78, 5) is 38.0. The zero-order valence-electron chi connectivity index (χ0n) is 17.6. The number of nitrogens with zero attached hydrogens (tertiary/aromatic N) is 1. The Balaban J connectivity index is 1.77. The molecule has 0 radical (unpaired) electrons. The Labute approximate surface area is 176 Å². The molecule has 7 nitrogen and oxygen atoms in total. The minimum atomic E-state index is -0.530. The molecule has 2 aromatic rings. The van der Waals surface area contributed by atoms with Crippen molar-refractivity contribution in [1.29, 1.82) is 0 Å². The minimum Gasteiger partial charge on any atom is -0.497 e. The molecule has 0 atom stereocenters. The number of rotatable bonds is 8. The molecule has 1 heterocycles. The quantitative estimate of drug-likeness (QED) is 0.699. The molecule has 1 fully saturated rings. The third-order valence-electron chi connectivity index (χ3n) is 5.48. The van der Waals surface area contributed by atoms with Crippen LogP contribution in [0, 0.1) is 0 Å². The number of pyridine rings is 1. The van der Waals surface area contributed by atoms with Gasteiger partial charge in [0.2, 0.25) is 5.43 Å². The smallest absolute Gasteiger partial charge is 0.256 e. The summed E-state index contributed by atoms with van der Waals surface area (Å²) in [5, 5.41) is 5.48. The van der Waals surface area contributed by atoms with Crippen molar-refractivity contribution in [3.05, 3.63) is 63.6 Å². The van der Waals surface area contributed by atoms with Gasteiger partial charge in [-0.15, -0.1) is 0 Å². The first-order chi connectivity index (χ1) is 14.5. The maximum atomic E-state index is 12.8. The Kier molecular flexibility index (Phi) is 7.27. The topological polar surface area (TPSA) is 89.4 Å². The van der Waals surface area contributed by atoms with Crippen molar-refractivity contribution in [3.8, 4) is 5.75 Å². The van der Waals surface area contributed by atoms with Gasteiger partial charge in [0.15, 0.2) is 0 Å². The van der Waals surface area contributed by atoms with E-state index in [4.69, 9.17) is 4.74 Å². The summed E-state index contributed by atoms with van der Waals surface area (Å²) in [5.41, 5.74) is 0.555. The second-order valence-corrected chi connectivity index (χ2v) is 7.51. The molecular formula is C23H29N3O4. The molecule has 1 aromatic heterocycles. The molecule has 0 unspecified atom stereocenters. The normalized spacial score (nSPS) is 13.8. The molecule has 0 aliphatic heterocycles. The highest BCUT2D eigenvalue weighted by atomic mass is 16.5. The van der Waals surface area contributed by atoms with E-state index in [1.807, 2.05) is 28.8 Å². The number of benzene rings is 1. The predicted octanol–water partition coefficient (Wildman–Crippen LogP) is 2.69. The van der Waals surface area contributed by atoms with Crippen molar-refractivity contribution in [2.24, 2.45) is 0 Å². The second-order valence-electron chi connectivity index (χ2n) is 7.51. The summed E-state index contributed by atoms with van der Waals surface area (Å²) in [6, 6.07) is 7.83. The highest BCUT2D eigenvalue weighted by molar-refractivity contribution is 5.99. The number of carbonyl (C=O) groups excluding carboxylic acids is 2. The summed E-state index contributed by atoms with van der Waals surface area (Å²) in [7, 11) is 1.61. The fraction of sp³-hybridized carbons (Fsp3) is 0.435. The SMILES string of the molecule is CCNC(=O)c1cn(C2CCCC2)cc(C(=O)NCCc2ccc(OC)cc2)c1=O. The van der Waals surface area contributed by atoms with E-state index < -0.39 is 17.2 Å². The lowest BCUT2D eigenvalue weighted by Gasteiger charge is -2.17. The molecule has 30 heavy (non-hydrogen) atoms. The molecule has 7 heteroatoms. The van der Waals surface area contributed by atoms with Crippen molar-refractivity contribution in [1.82, 2.24) is 15.2 Å². The first kappa shape index (κ1) is 21.6. The van der Waals surface area contributed by atoms with Gasteiger partial charge in [-0.2, -0.15) is 0 Å². The van der Waals surface area contributed by atoms with Gasteiger partial charge >= 0.3 is 0 Å². The number of ether oxygens (including phenoxy) is 1. The first-order valence-electron chi connectivity index (χ1n) is 10.5. The van der Waals surface area contributed by atoms with Gasteiger partial charge < -0.3 is 19.9 Å². The van der Waals surface area contributed by atoms with Crippen LogP contribution in [0.3, 0.4) is 0 Å². The number of aromatic nitrogens is 1. The van der Waals surface area contributed by atoms with E-state index in [-0.39, 0.29) is 17.2 Å². The molecule has 1 aliphatic rings. The van der Waals surface area contributed by atoms with E-state index >= 15 is 0 Å². The summed E-state index contributed by atoms with van der Waals surface area (Å²) in [5.74, 6) is -0.119. The number of methoxy groups -OCH3 is 1. The molecule has 0 spiro atoms. The van der Waals surface area contributed by atoms with E-state index in [2.05, 4.69) is 10.6 Å². The lowest BCUT2D eigenvalue weighted by atomic mass is 10.1. The van der Waals surface area contributed by atoms with Crippen molar-refractivity contribution in [2.45, 2.75) is 45.1 Å². The van der Waals surface area contributed by atoms with Crippen molar-refractivity contribution in [3.63, 3.8) is 0 Å². The van der Waals surface area contributed by atoms with Gasteiger partial charge in [0.25, 0.3) is 11.8 Å². The lowest BCUT2D eigenvalue weighted by Crippen LogP contribution is -2.36. The van der Waals surface area contributed by atoms with Crippen LogP contribution in [0.15, 0.2) is 41.5 Å². The van der Waals surface area contributed by atoms with Gasteiger partial charge in [0, 0.05) is 31.5 Å². The van der Waals surface area contributed by atoms with Gasteiger partial charge in [-0.05, 0) is 43.9 Å². The van der Waals surface area contributed by atoms with E-state index in [9.17, 15) is 14.4 Å². The Morgan fingerprint density at radius 2 is 1.63 bits per heavy atom. The molecule has 2 N–H and O–H groups in total. The van der Waals surface area contributed by atoms with Crippen LogP contribution in [-0.2, 0) is 6.42 Å². The molecule has 160 valence electrons. The van der Waals surface area contributed by atoms with Crippen molar-refractivity contribution >= 4 is 11.8 Å². The molecule has 3 rings (SSSR count). The van der Waals surface area contributed by atoms with Crippen LogP contribution in [0.1, 0.15) is 64.9 Å². The minimum absolute atomic E-state index is 0.0142. The summed E-state index contributed by atoms with van der Waals surface area (Å²) < 4.78 is 7.02. The Morgan fingerprint density at radius 1 is 1.03 bits per heavy atom. The van der Waals surface area contributed by atoms with Crippen LogP contribution in [0.25, 0.3) is 0 Å². The van der Waals surface area contributed by atoms with Crippen LogP contribution in [0.2, 0.25) is 0 Å². The average molecular weight is 412 g/mol. The van der Waals surface area contributed by atoms with Gasteiger partial charge in [0.1, 0.15) is 16.9 Å². The first-order valence-corrected chi connectivity index (χ1v) is 10.5. The highest BCUT2D eigenvalue weighted by Gasteiger charge is 2.23. The zero-order valence-corrected chi connectivity index (χ0v) is 17.6. The van der Waals surface area contributed by atoms with E-state index in [0.717, 1.165) is 37.0 Å². The standard InChI is InChI=1S/C23H29N3O4/c1-3-24-22(28)19-14-26(17-6-4-5-7-17)15-20(21(19)27)23(29)25-13-12-16-8-10-18(30-2)11-9-16/h8-11,14-15,17H,3-7,12-13H2,1-2H3,(H,24,28)(H,25,29). The third-order valence-corrected chi connectivity index (χ3v) is 5.48. The molecule has 1 aromatic carbocycles. The Bertz CT molecular complexity index is 944. The van der Waals surface area contributed by atoms with Crippen LogP contribution in [0.5, 0.6) is 5.75 Å². The van der Waals surface area contributed by atoms with Crippen LogP contribution in [-0.4, -0.2) is 36.6 Å². The average Bonchev–Trinajstić information content (AvgIpc) is 3.29. The number of hydrogen-bond donors (Lipinski definition) is 2. The molecule has 2 amide bonds. The number of carbonyl (C=O) groups is 2. The van der Waals surface area contributed by atoms with Gasteiger partial charge in [-0.25, -0.2) is 0 Å². The maximum Gasteiger partial charge on any atom is 0.256 e. The molecule has 1 aliphatic carbocycles. The van der Waals surface area contributed by atoms with Gasteiger partial charge in [-0.1, -0.05) is 25.0 Å². The fourth-order valence-corrected chi connectivity index (χ4v) is 3.80. The summed E-state index contributed by atoms with van der Waals surface area (Å²) >= 11 is 0. The third kappa shape index (κ3) is 5.09. The number of nitrogens with one attached hydrogen (secondary N) is 2. The van der Waals surface area contributed by atoms with Gasteiger partial charge in [0.05, 0.1) is 7.11 Å². The molecule has 0 bridgehead atoms. The number of amides is 2. The molecule has 1 saturated carbocycles. The number of hydrogen-bond acceptors (Lipinski definition) is 4. The summed E-state index contributed by atoms with van der Waals surface area (Å²) in [6.07, 6.45) is 8.00. The lowest BCUT2D eigenvalue weighted by molar-refractivity contribution is 0.0951. The second kappa shape index (κ2) is 10.1. The largest absolute Gasteiger partial charge is 0.497 e. The predicted molar refractivity (Wildman–Crippen MR) is 115 cm³/mol. The fourth-order valence-electron chi connectivity index (χ4n) is 3.80. The van der Waals surface area contributed by atoms with Gasteiger partial charge in [-0.3, -0.25) is 14.4 Å². The van der Waals surface area contributed by atoms with Crippen molar-refractivity contribution in [2.75, 3.05) is 20.2 Å². The van der Waals surface area contributed by atoms with Crippen molar-refractivity contribution < 1.29 is 14.3 Å². The summed E-state index contributed by atoms with van der Waals surface area (Å²) in [6.45, 7) is 2.60. The van der Waals surface area contributed by atoms with Crippen LogP contribution >= 0.6 is 0 Å². The van der Waals surface area contributed by atoms with Crippen LogP contribution in [0.4, 0.5) is 0 Å². The zero-order chi connectivity index (χ0) is 21.5. The monoisotopic (exact) mass is 411 g/mol. The van der Waals surface area contributed by atoms with E-state index in [1.165, 1.54) is 0 Å².